The van der Waals surface area contributed by atoms with Crippen LogP contribution in [0.2, 0.25) is 5.02 Å². The third-order valence-electron chi connectivity index (χ3n) is 5.95. The summed E-state index contributed by atoms with van der Waals surface area (Å²) in [5, 5.41) is 4.74. The van der Waals surface area contributed by atoms with Crippen LogP contribution in [0.5, 0.6) is 0 Å². The first kappa shape index (κ1) is 27.4. The van der Waals surface area contributed by atoms with Crippen molar-refractivity contribution in [2.45, 2.75) is 51.3 Å². The zero-order valence-electron chi connectivity index (χ0n) is 21.2. The van der Waals surface area contributed by atoms with E-state index in [4.69, 9.17) is 11.6 Å². The number of hydrogen-bond donors (Lipinski definition) is 1. The third kappa shape index (κ3) is 6.74. The SMILES string of the molecule is C/C(CC(C)(C)c1ccccc1)=N/NC(=O)CN(c1ccc(Cl)cc1C)S(=O)(=O)c1ccc(C)cc1. The van der Waals surface area contributed by atoms with E-state index in [2.05, 4.69) is 36.5 Å². The molecule has 8 heteroatoms. The number of amides is 1. The number of nitrogens with one attached hydrogen (secondary N) is 1. The molecule has 0 saturated heterocycles. The van der Waals surface area contributed by atoms with Gasteiger partial charge in [0, 0.05) is 10.7 Å². The normalized spacial score (nSPS) is 12.3. The molecule has 0 heterocycles. The second-order valence-corrected chi connectivity index (χ2v) is 11.9. The largest absolute Gasteiger partial charge is 0.271 e. The smallest absolute Gasteiger partial charge is 0.264 e. The lowest BCUT2D eigenvalue weighted by atomic mass is 9.80. The Morgan fingerprint density at radius 1 is 1.00 bits per heavy atom. The summed E-state index contributed by atoms with van der Waals surface area (Å²) >= 11 is 6.09. The number of hydrogen-bond acceptors (Lipinski definition) is 4. The minimum Gasteiger partial charge on any atom is -0.271 e. The Labute approximate surface area is 219 Å². The van der Waals surface area contributed by atoms with E-state index in [1.165, 1.54) is 17.7 Å². The van der Waals surface area contributed by atoms with Gasteiger partial charge in [-0.1, -0.05) is 73.5 Å². The molecule has 1 amide bonds. The fourth-order valence-electron chi connectivity index (χ4n) is 4.03. The van der Waals surface area contributed by atoms with Gasteiger partial charge in [-0.15, -0.1) is 0 Å². The Morgan fingerprint density at radius 3 is 2.25 bits per heavy atom. The highest BCUT2D eigenvalue weighted by molar-refractivity contribution is 7.92. The first-order valence-electron chi connectivity index (χ1n) is 11.6. The van der Waals surface area contributed by atoms with Crippen LogP contribution in [0, 0.1) is 13.8 Å². The number of carbonyl (C=O) groups excluding carboxylic acids is 1. The Morgan fingerprint density at radius 2 is 1.64 bits per heavy atom. The van der Waals surface area contributed by atoms with Crippen LogP contribution in [0.4, 0.5) is 5.69 Å². The van der Waals surface area contributed by atoms with Crippen molar-refractivity contribution in [1.82, 2.24) is 5.43 Å². The molecule has 36 heavy (non-hydrogen) atoms. The second kappa shape index (κ2) is 11.3. The Balaban J connectivity index is 1.83. The van der Waals surface area contributed by atoms with Gasteiger partial charge in [-0.2, -0.15) is 5.10 Å². The molecule has 0 radical (unpaired) electrons. The molecule has 0 atom stereocenters. The van der Waals surface area contributed by atoms with Crippen LogP contribution >= 0.6 is 11.6 Å². The summed E-state index contributed by atoms with van der Waals surface area (Å²) in [6.45, 7) is 9.27. The number of nitrogens with zero attached hydrogens (tertiary/aromatic N) is 2. The molecule has 6 nitrogen and oxygen atoms in total. The molecule has 0 spiro atoms. The molecule has 1 N–H and O–H groups in total. The van der Waals surface area contributed by atoms with Crippen molar-refractivity contribution in [1.29, 1.82) is 0 Å². The van der Waals surface area contributed by atoms with E-state index >= 15 is 0 Å². The lowest BCUT2D eigenvalue weighted by Gasteiger charge is -2.26. The highest BCUT2D eigenvalue weighted by Crippen LogP contribution is 2.29. The number of hydrazone groups is 1. The Bertz CT molecular complexity index is 1350. The van der Waals surface area contributed by atoms with Crippen LogP contribution < -0.4 is 9.73 Å². The summed E-state index contributed by atoms with van der Waals surface area (Å²) in [6.07, 6.45) is 0.624. The van der Waals surface area contributed by atoms with Crippen LogP contribution in [0.15, 0.2) is 82.8 Å². The summed E-state index contributed by atoms with van der Waals surface area (Å²) in [4.78, 5) is 13.0. The van der Waals surface area contributed by atoms with Gasteiger partial charge in [0.1, 0.15) is 6.54 Å². The maximum Gasteiger partial charge on any atom is 0.264 e. The Kier molecular flexibility index (Phi) is 8.59. The molecular formula is C28H32ClN3O3S. The summed E-state index contributed by atoms with van der Waals surface area (Å²) in [5.74, 6) is -0.545. The van der Waals surface area contributed by atoms with Gasteiger partial charge < -0.3 is 0 Å². The van der Waals surface area contributed by atoms with Gasteiger partial charge >= 0.3 is 0 Å². The van der Waals surface area contributed by atoms with Crippen LogP contribution in [-0.4, -0.2) is 26.6 Å². The summed E-state index contributed by atoms with van der Waals surface area (Å²) in [5.41, 5.74) is 6.20. The van der Waals surface area contributed by atoms with Crippen molar-refractivity contribution in [3.05, 3.63) is 94.5 Å². The quantitative estimate of drug-likeness (QED) is 0.274. The number of carbonyl (C=O) groups is 1. The molecule has 0 saturated carbocycles. The highest BCUT2D eigenvalue weighted by atomic mass is 35.5. The van der Waals surface area contributed by atoms with E-state index in [1.807, 2.05) is 32.0 Å². The molecule has 0 aliphatic heterocycles. The summed E-state index contributed by atoms with van der Waals surface area (Å²) in [7, 11) is -4.02. The average Bonchev–Trinajstić information content (AvgIpc) is 2.82. The van der Waals surface area contributed by atoms with E-state index < -0.39 is 22.5 Å². The fraction of sp³-hybridized carbons (Fsp3) is 0.286. The van der Waals surface area contributed by atoms with Crippen LogP contribution in [0.1, 0.15) is 43.9 Å². The molecule has 3 aromatic carbocycles. The maximum atomic E-state index is 13.6. The first-order valence-corrected chi connectivity index (χ1v) is 13.4. The number of benzene rings is 3. The number of anilines is 1. The van der Waals surface area contributed by atoms with Gasteiger partial charge in [-0.25, -0.2) is 13.8 Å². The molecule has 0 aliphatic rings. The van der Waals surface area contributed by atoms with Crippen molar-refractivity contribution in [3.63, 3.8) is 0 Å². The average molecular weight is 526 g/mol. The molecule has 0 bridgehead atoms. The topological polar surface area (TPSA) is 78.8 Å². The van der Waals surface area contributed by atoms with Crippen molar-refractivity contribution in [2.24, 2.45) is 5.10 Å². The molecule has 0 fully saturated rings. The minimum atomic E-state index is -4.02. The van der Waals surface area contributed by atoms with E-state index in [0.29, 0.717) is 22.7 Å². The summed E-state index contributed by atoms with van der Waals surface area (Å²) in [6, 6.07) is 21.5. The highest BCUT2D eigenvalue weighted by Gasteiger charge is 2.28. The van der Waals surface area contributed by atoms with Crippen molar-refractivity contribution >= 4 is 38.9 Å². The molecule has 0 aromatic heterocycles. The third-order valence-corrected chi connectivity index (χ3v) is 7.96. The molecule has 190 valence electrons. The Hall–Kier alpha value is -3.16. The van der Waals surface area contributed by atoms with E-state index in [0.717, 1.165) is 15.6 Å². The molecular weight excluding hydrogens is 494 g/mol. The van der Waals surface area contributed by atoms with Gasteiger partial charge in [0.15, 0.2) is 0 Å². The monoisotopic (exact) mass is 525 g/mol. The lowest BCUT2D eigenvalue weighted by Crippen LogP contribution is -2.40. The van der Waals surface area contributed by atoms with Crippen molar-refractivity contribution in [2.75, 3.05) is 10.8 Å². The van der Waals surface area contributed by atoms with Crippen LogP contribution in [0.25, 0.3) is 0 Å². The zero-order valence-corrected chi connectivity index (χ0v) is 22.8. The van der Waals surface area contributed by atoms with E-state index in [9.17, 15) is 13.2 Å². The predicted octanol–water partition coefficient (Wildman–Crippen LogP) is 6.01. The second-order valence-electron chi connectivity index (χ2n) is 9.56. The maximum absolute atomic E-state index is 13.6. The molecule has 3 aromatic rings. The van der Waals surface area contributed by atoms with E-state index in [1.54, 1.807) is 37.3 Å². The van der Waals surface area contributed by atoms with E-state index in [-0.39, 0.29) is 10.3 Å². The minimum absolute atomic E-state index is 0.0968. The molecule has 0 aliphatic carbocycles. The van der Waals surface area contributed by atoms with Gasteiger partial charge in [0.05, 0.1) is 10.6 Å². The molecule has 3 rings (SSSR count). The van der Waals surface area contributed by atoms with Gasteiger partial charge in [-0.3, -0.25) is 9.10 Å². The van der Waals surface area contributed by atoms with Crippen LogP contribution in [-0.2, 0) is 20.2 Å². The zero-order chi connectivity index (χ0) is 26.5. The van der Waals surface area contributed by atoms with Gasteiger partial charge in [-0.05, 0) is 74.1 Å². The number of aryl methyl sites for hydroxylation is 2. The number of rotatable bonds is 9. The van der Waals surface area contributed by atoms with Crippen molar-refractivity contribution < 1.29 is 13.2 Å². The first-order chi connectivity index (χ1) is 16.9. The number of halogens is 1. The fourth-order valence-corrected chi connectivity index (χ4v) is 5.74. The lowest BCUT2D eigenvalue weighted by molar-refractivity contribution is -0.119. The van der Waals surface area contributed by atoms with Crippen molar-refractivity contribution in [3.8, 4) is 0 Å². The number of sulfonamides is 1. The van der Waals surface area contributed by atoms with Crippen LogP contribution in [0.3, 0.4) is 0 Å². The standard InChI is InChI=1S/C28H32ClN3O3S/c1-20-11-14-25(15-12-20)36(34,35)32(26-16-13-24(29)17-21(26)2)19-27(33)31-30-22(3)18-28(4,5)23-9-7-6-8-10-23/h6-17H,18-19H2,1-5H3,(H,31,33)/b30-22-. The summed E-state index contributed by atoms with van der Waals surface area (Å²) < 4.78 is 28.2. The van der Waals surface area contributed by atoms with Gasteiger partial charge in [0.25, 0.3) is 15.9 Å². The molecule has 0 unspecified atom stereocenters. The predicted molar refractivity (Wildman–Crippen MR) is 147 cm³/mol. The van der Waals surface area contributed by atoms with Gasteiger partial charge in [0.2, 0.25) is 0 Å².